The van der Waals surface area contributed by atoms with Crippen LogP contribution in [-0.4, -0.2) is 50.2 Å². The van der Waals surface area contributed by atoms with Gasteiger partial charge in [-0.2, -0.15) is 5.10 Å². The Bertz CT molecular complexity index is 837. The number of aromatic nitrogens is 2. The van der Waals surface area contributed by atoms with Gasteiger partial charge in [-0.1, -0.05) is 24.3 Å². The molecule has 1 aromatic carbocycles. The molecule has 136 valence electrons. The van der Waals surface area contributed by atoms with Crippen molar-refractivity contribution in [3.63, 3.8) is 0 Å². The van der Waals surface area contributed by atoms with Crippen molar-refractivity contribution in [3.05, 3.63) is 59.6 Å². The van der Waals surface area contributed by atoms with Crippen LogP contribution in [-0.2, 0) is 6.54 Å². The Hall–Kier alpha value is -1.99. The molecule has 2 N–H and O–H groups in total. The maximum Gasteiger partial charge on any atom is 0.107 e. The van der Waals surface area contributed by atoms with Crippen LogP contribution in [0.2, 0.25) is 0 Å². The molecule has 3 aromatic rings. The fourth-order valence-electron chi connectivity index (χ4n) is 3.39. The molecule has 26 heavy (non-hydrogen) atoms. The first-order chi connectivity index (χ1) is 12.7. The number of likely N-dealkylation sites (tertiary alicyclic amines) is 1. The van der Waals surface area contributed by atoms with Gasteiger partial charge in [-0.3, -0.25) is 4.90 Å². The van der Waals surface area contributed by atoms with Gasteiger partial charge in [-0.15, -0.1) is 11.3 Å². The number of thiophene rings is 1. The van der Waals surface area contributed by atoms with E-state index in [0.29, 0.717) is 12.8 Å². The van der Waals surface area contributed by atoms with Gasteiger partial charge in [-0.05, 0) is 36.4 Å². The Morgan fingerprint density at radius 1 is 1.08 bits per heavy atom. The van der Waals surface area contributed by atoms with Crippen molar-refractivity contribution in [1.82, 2.24) is 14.7 Å². The summed E-state index contributed by atoms with van der Waals surface area (Å²) < 4.78 is 1.94. The molecular weight excluding hydrogens is 346 g/mol. The highest BCUT2D eigenvalue weighted by molar-refractivity contribution is 7.13. The lowest BCUT2D eigenvalue weighted by Crippen LogP contribution is -2.46. The van der Waals surface area contributed by atoms with Crippen LogP contribution in [0.3, 0.4) is 0 Å². The Kier molecular flexibility index (Phi) is 4.91. The molecule has 0 saturated carbocycles. The van der Waals surface area contributed by atoms with Gasteiger partial charge in [0.25, 0.3) is 0 Å². The van der Waals surface area contributed by atoms with E-state index in [9.17, 15) is 10.2 Å². The van der Waals surface area contributed by atoms with Gasteiger partial charge in [0.1, 0.15) is 5.69 Å². The molecule has 0 amide bonds. The fraction of sp³-hybridized carbons (Fsp3) is 0.350. The van der Waals surface area contributed by atoms with Crippen LogP contribution in [0, 0.1) is 0 Å². The molecule has 0 atom stereocenters. The van der Waals surface area contributed by atoms with Crippen LogP contribution in [0.15, 0.2) is 54.0 Å². The quantitative estimate of drug-likeness (QED) is 0.726. The fourth-order valence-corrected chi connectivity index (χ4v) is 4.13. The number of rotatable bonds is 5. The number of aliphatic hydroxyl groups is 2. The average Bonchev–Trinajstić information content (AvgIpc) is 3.34. The van der Waals surface area contributed by atoms with Crippen LogP contribution in [0.25, 0.3) is 16.3 Å². The monoisotopic (exact) mass is 369 g/mol. The number of benzene rings is 1. The van der Waals surface area contributed by atoms with E-state index in [1.165, 1.54) is 10.4 Å². The first kappa shape index (κ1) is 17.4. The van der Waals surface area contributed by atoms with Crippen LogP contribution >= 0.6 is 11.3 Å². The largest absolute Gasteiger partial charge is 0.393 e. The molecule has 1 saturated heterocycles. The maximum absolute atomic E-state index is 10.2. The Labute approximate surface area is 157 Å². The molecule has 0 spiro atoms. The van der Waals surface area contributed by atoms with Crippen molar-refractivity contribution in [1.29, 1.82) is 0 Å². The first-order valence-corrected chi connectivity index (χ1v) is 9.78. The maximum atomic E-state index is 10.2. The number of hydrogen-bond donors (Lipinski definition) is 2. The van der Waals surface area contributed by atoms with E-state index in [1.54, 1.807) is 11.3 Å². The highest BCUT2D eigenvalue weighted by atomic mass is 32.1. The minimum atomic E-state index is -0.915. The van der Waals surface area contributed by atoms with Crippen LogP contribution in [0.1, 0.15) is 18.4 Å². The molecule has 1 fully saturated rings. The third kappa shape index (κ3) is 3.59. The van der Waals surface area contributed by atoms with Gasteiger partial charge >= 0.3 is 0 Å². The third-order valence-electron chi connectivity index (χ3n) is 5.04. The van der Waals surface area contributed by atoms with E-state index in [-0.39, 0.29) is 6.61 Å². The van der Waals surface area contributed by atoms with Gasteiger partial charge in [0, 0.05) is 31.4 Å². The molecular formula is C20H23N3O2S. The zero-order valence-electron chi connectivity index (χ0n) is 14.6. The van der Waals surface area contributed by atoms with Gasteiger partial charge in [0.2, 0.25) is 0 Å². The summed E-state index contributed by atoms with van der Waals surface area (Å²) in [5.41, 5.74) is 2.34. The molecule has 0 bridgehead atoms. The van der Waals surface area contributed by atoms with Crippen LogP contribution in [0.4, 0.5) is 0 Å². The summed E-state index contributed by atoms with van der Waals surface area (Å²) in [6, 6.07) is 14.3. The average molecular weight is 369 g/mol. The zero-order valence-corrected chi connectivity index (χ0v) is 15.4. The molecule has 3 heterocycles. The summed E-state index contributed by atoms with van der Waals surface area (Å²) in [6.45, 7) is 2.18. The third-order valence-corrected chi connectivity index (χ3v) is 5.92. The lowest BCUT2D eigenvalue weighted by molar-refractivity contribution is -0.0606. The second kappa shape index (κ2) is 7.32. The molecule has 1 aliphatic rings. The van der Waals surface area contributed by atoms with E-state index >= 15 is 0 Å². The highest BCUT2D eigenvalue weighted by Gasteiger charge is 2.31. The first-order valence-electron chi connectivity index (χ1n) is 8.90. The number of nitrogens with zero attached hydrogens (tertiary/aromatic N) is 3. The summed E-state index contributed by atoms with van der Waals surface area (Å²) >= 11 is 1.70. The second-order valence-corrected chi connectivity index (χ2v) is 7.87. The molecule has 2 aromatic heterocycles. The molecule has 4 rings (SSSR count). The summed E-state index contributed by atoms with van der Waals surface area (Å²) in [5.74, 6) is 0. The smallest absolute Gasteiger partial charge is 0.107 e. The lowest BCUT2D eigenvalue weighted by atomic mass is 9.92. The Morgan fingerprint density at radius 3 is 2.50 bits per heavy atom. The molecule has 0 radical (unpaired) electrons. The van der Waals surface area contributed by atoms with Crippen molar-refractivity contribution >= 4 is 11.3 Å². The molecule has 0 aliphatic carbocycles. The SMILES string of the molecule is OCC1(O)CCN(Cc2cn(-c3ccccc3)nc2-c2cccs2)CC1. The number of piperidine rings is 1. The number of hydrogen-bond acceptors (Lipinski definition) is 5. The van der Waals surface area contributed by atoms with E-state index < -0.39 is 5.60 Å². The summed E-state index contributed by atoms with van der Waals surface area (Å²) in [5, 5.41) is 26.5. The predicted molar refractivity (Wildman–Crippen MR) is 103 cm³/mol. The van der Waals surface area contributed by atoms with Crippen molar-refractivity contribution in [2.45, 2.75) is 25.0 Å². The standard InChI is InChI=1S/C20H23N3O2S/c24-15-20(25)8-10-22(11-9-20)13-16-14-23(17-5-2-1-3-6-17)21-19(16)18-7-4-12-26-18/h1-7,12,14,24-25H,8-11,13,15H2. The van der Waals surface area contributed by atoms with E-state index in [2.05, 4.69) is 34.7 Å². The van der Waals surface area contributed by atoms with Gasteiger partial charge in [-0.25, -0.2) is 4.68 Å². The zero-order chi connectivity index (χ0) is 18.0. The van der Waals surface area contributed by atoms with Crippen LogP contribution in [0.5, 0.6) is 0 Å². The highest BCUT2D eigenvalue weighted by Crippen LogP contribution is 2.30. The van der Waals surface area contributed by atoms with Gasteiger partial charge in [0.15, 0.2) is 0 Å². The number of aliphatic hydroxyl groups excluding tert-OH is 1. The predicted octanol–water partition coefficient (Wildman–Crippen LogP) is 2.92. The summed E-state index contributed by atoms with van der Waals surface area (Å²) in [7, 11) is 0. The molecule has 0 unspecified atom stereocenters. The van der Waals surface area contributed by atoms with Crippen molar-refractivity contribution in [3.8, 4) is 16.3 Å². The topological polar surface area (TPSA) is 61.5 Å². The Morgan fingerprint density at radius 2 is 1.85 bits per heavy atom. The summed E-state index contributed by atoms with van der Waals surface area (Å²) in [4.78, 5) is 3.49. The molecule has 5 nitrogen and oxygen atoms in total. The number of para-hydroxylation sites is 1. The molecule has 1 aliphatic heterocycles. The second-order valence-electron chi connectivity index (χ2n) is 6.92. The summed E-state index contributed by atoms with van der Waals surface area (Å²) in [6.07, 6.45) is 3.31. The van der Waals surface area contributed by atoms with E-state index in [4.69, 9.17) is 5.10 Å². The van der Waals surface area contributed by atoms with Crippen LogP contribution < -0.4 is 0 Å². The molecule has 6 heteroatoms. The minimum Gasteiger partial charge on any atom is -0.393 e. The van der Waals surface area contributed by atoms with Gasteiger partial charge < -0.3 is 10.2 Å². The van der Waals surface area contributed by atoms with Crippen molar-refractivity contribution < 1.29 is 10.2 Å². The Balaban J connectivity index is 1.60. The van der Waals surface area contributed by atoms with Gasteiger partial charge in [0.05, 0.1) is 22.8 Å². The van der Waals surface area contributed by atoms with Crippen molar-refractivity contribution in [2.24, 2.45) is 0 Å². The normalized spacial score (nSPS) is 17.5. The lowest BCUT2D eigenvalue weighted by Gasteiger charge is -2.36. The minimum absolute atomic E-state index is 0.159. The van der Waals surface area contributed by atoms with E-state index in [1.807, 2.05) is 28.9 Å². The van der Waals surface area contributed by atoms with E-state index in [0.717, 1.165) is 31.0 Å². The van der Waals surface area contributed by atoms with Crippen molar-refractivity contribution in [2.75, 3.05) is 19.7 Å².